The Balaban J connectivity index is 2.03. The fourth-order valence-corrected chi connectivity index (χ4v) is 2.42. The van der Waals surface area contributed by atoms with Gasteiger partial charge in [0.15, 0.2) is 0 Å². The molecule has 0 spiro atoms. The predicted molar refractivity (Wildman–Crippen MR) is 86.4 cm³/mol. The lowest BCUT2D eigenvalue weighted by atomic mass is 10.2. The smallest absolute Gasteiger partial charge is 0.410 e. The van der Waals surface area contributed by atoms with Crippen molar-refractivity contribution in [3.63, 3.8) is 0 Å². The Bertz CT molecular complexity index is 559. The molecule has 122 valence electrons. The molecular formula is C15H23ClN4O2. The zero-order valence-electron chi connectivity index (χ0n) is 13.8. The van der Waals surface area contributed by atoms with E-state index in [4.69, 9.17) is 16.3 Å². The fourth-order valence-electron chi connectivity index (χ4n) is 2.30. The van der Waals surface area contributed by atoms with Crippen LogP contribution in [0.5, 0.6) is 0 Å². The average molecular weight is 327 g/mol. The lowest BCUT2D eigenvalue weighted by Gasteiger charge is -2.40. The number of amides is 1. The van der Waals surface area contributed by atoms with Gasteiger partial charge < -0.3 is 14.5 Å². The summed E-state index contributed by atoms with van der Waals surface area (Å²) in [6.45, 7) is 11.4. The third-order valence-electron chi connectivity index (χ3n) is 3.44. The molecule has 0 N–H and O–H groups in total. The normalized spacial score (nSPS) is 19.3. The van der Waals surface area contributed by atoms with E-state index >= 15 is 0 Å². The Morgan fingerprint density at radius 2 is 2.09 bits per heavy atom. The molecule has 1 saturated heterocycles. The van der Waals surface area contributed by atoms with Crippen LogP contribution in [0.3, 0.4) is 0 Å². The highest BCUT2D eigenvalue weighted by Gasteiger charge is 2.31. The molecule has 1 amide bonds. The van der Waals surface area contributed by atoms with Crippen LogP contribution in [0.1, 0.15) is 33.3 Å². The molecule has 0 aromatic carbocycles. The van der Waals surface area contributed by atoms with Gasteiger partial charge in [-0.3, -0.25) is 0 Å². The summed E-state index contributed by atoms with van der Waals surface area (Å²) in [6.07, 6.45) is 1.44. The number of nitrogens with zero attached hydrogens (tertiary/aromatic N) is 4. The summed E-state index contributed by atoms with van der Waals surface area (Å²) < 4.78 is 5.44. The number of piperazine rings is 1. The summed E-state index contributed by atoms with van der Waals surface area (Å²) in [7, 11) is 0. The number of ether oxygens (including phenoxy) is 1. The van der Waals surface area contributed by atoms with Gasteiger partial charge in [-0.1, -0.05) is 11.6 Å². The van der Waals surface area contributed by atoms with Crippen molar-refractivity contribution in [2.75, 3.05) is 24.5 Å². The molecule has 0 bridgehead atoms. The maximum atomic E-state index is 12.2. The van der Waals surface area contributed by atoms with Gasteiger partial charge in [0.05, 0.1) is 0 Å². The second-order valence-electron chi connectivity index (χ2n) is 6.61. The van der Waals surface area contributed by atoms with Gasteiger partial charge in [0.2, 0.25) is 5.95 Å². The number of hydrogen-bond donors (Lipinski definition) is 0. The Morgan fingerprint density at radius 3 is 2.64 bits per heavy atom. The molecule has 0 aliphatic carbocycles. The van der Waals surface area contributed by atoms with Crippen molar-refractivity contribution in [1.29, 1.82) is 0 Å². The third-order valence-corrected chi connectivity index (χ3v) is 3.82. The Kier molecular flexibility index (Phi) is 4.80. The Morgan fingerprint density at radius 1 is 1.41 bits per heavy atom. The van der Waals surface area contributed by atoms with Crippen molar-refractivity contribution in [3.8, 4) is 0 Å². The highest BCUT2D eigenvalue weighted by Crippen LogP contribution is 2.20. The quantitative estimate of drug-likeness (QED) is 0.743. The number of halogens is 1. The largest absolute Gasteiger partial charge is 0.444 e. The zero-order chi connectivity index (χ0) is 16.5. The monoisotopic (exact) mass is 326 g/mol. The standard InChI is InChI=1S/C15H23ClN4O2/c1-10-8-17-13(18-12(10)16)19-6-7-20(11(2)9-19)14(21)22-15(3,4)5/h8,11H,6-7,9H2,1-5H3/t11-/m1/s1. The number of carbonyl (C=O) groups is 1. The van der Waals surface area contributed by atoms with Gasteiger partial charge in [-0.25, -0.2) is 14.8 Å². The number of carbonyl (C=O) groups excluding carboxylic acids is 1. The maximum absolute atomic E-state index is 12.2. The van der Waals surface area contributed by atoms with Gasteiger partial charge >= 0.3 is 6.09 Å². The van der Waals surface area contributed by atoms with Crippen LogP contribution >= 0.6 is 11.6 Å². The molecule has 1 aromatic heterocycles. The first-order valence-electron chi connectivity index (χ1n) is 7.41. The van der Waals surface area contributed by atoms with Crippen LogP contribution in [0.15, 0.2) is 6.20 Å². The summed E-state index contributed by atoms with van der Waals surface area (Å²) in [5.41, 5.74) is 0.368. The van der Waals surface area contributed by atoms with Crippen LogP contribution in [0.4, 0.5) is 10.7 Å². The van der Waals surface area contributed by atoms with Crippen molar-refractivity contribution in [2.24, 2.45) is 0 Å². The van der Waals surface area contributed by atoms with E-state index < -0.39 is 5.60 Å². The summed E-state index contributed by atoms with van der Waals surface area (Å²) in [5.74, 6) is 0.603. The van der Waals surface area contributed by atoms with Crippen molar-refractivity contribution < 1.29 is 9.53 Å². The second kappa shape index (κ2) is 6.28. The van der Waals surface area contributed by atoms with Crippen molar-refractivity contribution in [2.45, 2.75) is 46.3 Å². The first-order chi connectivity index (χ1) is 10.2. The lowest BCUT2D eigenvalue weighted by molar-refractivity contribution is 0.0158. The van der Waals surface area contributed by atoms with Gasteiger partial charge in [-0.05, 0) is 34.6 Å². The molecular weight excluding hydrogens is 304 g/mol. The molecule has 2 rings (SSSR count). The average Bonchev–Trinajstić information content (AvgIpc) is 2.39. The molecule has 1 aliphatic rings. The van der Waals surface area contributed by atoms with Crippen LogP contribution in [0.25, 0.3) is 0 Å². The van der Waals surface area contributed by atoms with Gasteiger partial charge in [0.25, 0.3) is 0 Å². The van der Waals surface area contributed by atoms with Crippen molar-refractivity contribution in [1.82, 2.24) is 14.9 Å². The molecule has 1 aliphatic heterocycles. The van der Waals surface area contributed by atoms with Crippen LogP contribution < -0.4 is 4.90 Å². The highest BCUT2D eigenvalue weighted by molar-refractivity contribution is 6.30. The summed E-state index contributed by atoms with van der Waals surface area (Å²) >= 11 is 6.06. The molecule has 0 unspecified atom stereocenters. The van der Waals surface area contributed by atoms with E-state index in [9.17, 15) is 4.79 Å². The van der Waals surface area contributed by atoms with E-state index in [-0.39, 0.29) is 12.1 Å². The molecule has 1 fully saturated rings. The second-order valence-corrected chi connectivity index (χ2v) is 6.97. The van der Waals surface area contributed by atoms with Crippen molar-refractivity contribution >= 4 is 23.6 Å². The van der Waals surface area contributed by atoms with E-state index in [0.717, 1.165) is 5.56 Å². The first-order valence-corrected chi connectivity index (χ1v) is 7.79. The Labute approximate surface area is 136 Å². The minimum Gasteiger partial charge on any atom is -0.444 e. The molecule has 1 atom stereocenters. The zero-order valence-corrected chi connectivity index (χ0v) is 14.5. The molecule has 1 aromatic rings. The number of hydrogen-bond acceptors (Lipinski definition) is 5. The number of aromatic nitrogens is 2. The van der Waals surface area contributed by atoms with Crippen molar-refractivity contribution in [3.05, 3.63) is 16.9 Å². The van der Waals surface area contributed by atoms with Crippen LogP contribution in [0.2, 0.25) is 5.15 Å². The molecule has 0 saturated carbocycles. The lowest BCUT2D eigenvalue weighted by Crippen LogP contribution is -2.55. The number of aryl methyl sites for hydroxylation is 1. The maximum Gasteiger partial charge on any atom is 0.410 e. The summed E-state index contributed by atoms with van der Waals surface area (Å²) in [5, 5.41) is 0.465. The molecule has 22 heavy (non-hydrogen) atoms. The fraction of sp³-hybridized carbons (Fsp3) is 0.667. The van der Waals surface area contributed by atoms with Gasteiger partial charge in [0.1, 0.15) is 10.8 Å². The Hall–Kier alpha value is -1.56. The molecule has 6 nitrogen and oxygen atoms in total. The summed E-state index contributed by atoms with van der Waals surface area (Å²) in [6, 6.07) is 0.0206. The van der Waals surface area contributed by atoms with E-state index in [1.54, 1.807) is 11.1 Å². The predicted octanol–water partition coefficient (Wildman–Crippen LogP) is 2.88. The van der Waals surface area contributed by atoms with Crippen LogP contribution in [-0.4, -0.2) is 52.2 Å². The molecule has 0 radical (unpaired) electrons. The molecule has 7 heteroatoms. The highest BCUT2D eigenvalue weighted by atomic mass is 35.5. The molecule has 2 heterocycles. The van der Waals surface area contributed by atoms with Gasteiger partial charge in [-0.2, -0.15) is 0 Å². The number of anilines is 1. The minimum atomic E-state index is -0.485. The van der Waals surface area contributed by atoms with Gasteiger partial charge in [-0.15, -0.1) is 0 Å². The number of rotatable bonds is 1. The minimum absolute atomic E-state index is 0.0206. The van der Waals surface area contributed by atoms with E-state index in [1.807, 2.05) is 39.5 Å². The van der Waals surface area contributed by atoms with Gasteiger partial charge in [0, 0.05) is 37.4 Å². The van der Waals surface area contributed by atoms with Crippen LogP contribution in [0, 0.1) is 6.92 Å². The topological polar surface area (TPSA) is 58.6 Å². The van der Waals surface area contributed by atoms with Crippen LogP contribution in [-0.2, 0) is 4.74 Å². The van der Waals surface area contributed by atoms with E-state index in [1.165, 1.54) is 0 Å². The summed E-state index contributed by atoms with van der Waals surface area (Å²) in [4.78, 5) is 24.6. The van der Waals surface area contributed by atoms with E-state index in [0.29, 0.717) is 30.7 Å². The third kappa shape index (κ3) is 4.00. The first kappa shape index (κ1) is 16.8. The SMILES string of the molecule is Cc1cnc(N2CCN(C(=O)OC(C)(C)C)[C@H](C)C2)nc1Cl. The van der Waals surface area contributed by atoms with E-state index in [2.05, 4.69) is 9.97 Å².